The number of rotatable bonds is 6. The summed E-state index contributed by atoms with van der Waals surface area (Å²) < 4.78 is 0. The molecule has 4 nitrogen and oxygen atoms in total. The maximum atomic E-state index is 12.0. The highest BCUT2D eigenvalue weighted by molar-refractivity contribution is 5.94. The second-order valence-corrected chi connectivity index (χ2v) is 6.08. The Bertz CT molecular complexity index is 452. The zero-order valence-corrected chi connectivity index (χ0v) is 13.1. The molecule has 0 aromatic heterocycles. The van der Waals surface area contributed by atoms with Crippen molar-refractivity contribution >= 4 is 11.6 Å². The number of carbonyl (C=O) groups excluding carboxylic acids is 1. The second-order valence-electron chi connectivity index (χ2n) is 6.08. The van der Waals surface area contributed by atoms with Crippen molar-refractivity contribution in [3.63, 3.8) is 0 Å². The van der Waals surface area contributed by atoms with Crippen LogP contribution in [-0.4, -0.2) is 29.9 Å². The molecule has 4 heteroatoms. The molecule has 1 aliphatic rings. The van der Waals surface area contributed by atoms with Gasteiger partial charge >= 0.3 is 0 Å². The summed E-state index contributed by atoms with van der Waals surface area (Å²) in [6.07, 6.45) is 3.52. The second kappa shape index (κ2) is 7.57. The van der Waals surface area contributed by atoms with E-state index in [1.54, 1.807) is 0 Å². The van der Waals surface area contributed by atoms with Crippen LogP contribution in [0.1, 0.15) is 38.7 Å². The minimum Gasteiger partial charge on any atom is -0.325 e. The Morgan fingerprint density at radius 2 is 1.90 bits per heavy atom. The molecule has 0 saturated carbocycles. The van der Waals surface area contributed by atoms with Crippen molar-refractivity contribution in [1.29, 1.82) is 0 Å². The molecule has 0 aliphatic carbocycles. The Balaban J connectivity index is 1.88. The van der Waals surface area contributed by atoms with Gasteiger partial charge in [-0.2, -0.15) is 0 Å². The van der Waals surface area contributed by atoms with E-state index in [0.717, 1.165) is 18.7 Å². The molecule has 0 radical (unpaired) electrons. The lowest BCUT2D eigenvalue weighted by molar-refractivity contribution is -0.118. The molecule has 21 heavy (non-hydrogen) atoms. The first-order valence-corrected chi connectivity index (χ1v) is 7.98. The summed E-state index contributed by atoms with van der Waals surface area (Å²) in [7, 11) is 0. The molecule has 116 valence electrons. The minimum absolute atomic E-state index is 0.100. The molecule has 0 spiro atoms. The number of carbonyl (C=O) groups is 1. The van der Waals surface area contributed by atoms with Gasteiger partial charge in [-0.25, -0.2) is 0 Å². The summed E-state index contributed by atoms with van der Waals surface area (Å²) in [5.74, 6) is 0.0936. The van der Waals surface area contributed by atoms with Crippen LogP contribution >= 0.6 is 0 Å². The highest BCUT2D eigenvalue weighted by Gasteiger charge is 2.19. The Hall–Kier alpha value is -1.39. The van der Waals surface area contributed by atoms with Crippen LogP contribution in [0.15, 0.2) is 24.3 Å². The number of nitrogens with one attached hydrogen (secondary N) is 1. The molecule has 1 fully saturated rings. The molecule has 1 aromatic rings. The van der Waals surface area contributed by atoms with E-state index >= 15 is 0 Å². The lowest BCUT2D eigenvalue weighted by atomic mass is 9.99. The zero-order valence-electron chi connectivity index (χ0n) is 13.1. The third-order valence-corrected chi connectivity index (χ3v) is 4.39. The molecular weight excluding hydrogens is 262 g/mol. The van der Waals surface area contributed by atoms with Crippen molar-refractivity contribution in [2.75, 3.05) is 18.4 Å². The van der Waals surface area contributed by atoms with E-state index in [0.29, 0.717) is 0 Å². The predicted molar refractivity (Wildman–Crippen MR) is 87.0 cm³/mol. The van der Waals surface area contributed by atoms with Crippen molar-refractivity contribution in [2.45, 2.75) is 45.7 Å². The van der Waals surface area contributed by atoms with Crippen LogP contribution in [0.4, 0.5) is 5.69 Å². The Morgan fingerprint density at radius 1 is 1.29 bits per heavy atom. The molecular formula is C17H27N3O. The van der Waals surface area contributed by atoms with E-state index in [-0.39, 0.29) is 11.8 Å². The average Bonchev–Trinajstić information content (AvgIpc) is 3.00. The molecule has 0 bridgehead atoms. The van der Waals surface area contributed by atoms with Gasteiger partial charge < -0.3 is 11.1 Å². The smallest absolute Gasteiger partial charge is 0.241 e. The number of anilines is 1. The standard InChI is InChI=1S/C17H27N3O/c1-3-13(2)16(18)17(21)19-15-8-6-14(7-9-15)12-20-10-4-5-11-20/h6-9,13,16H,3-5,10-12,18H2,1-2H3,(H,19,21)/t13?,16-/m0/s1. The van der Waals surface area contributed by atoms with E-state index in [9.17, 15) is 4.79 Å². The third kappa shape index (κ3) is 4.55. The first-order chi connectivity index (χ1) is 10.1. The van der Waals surface area contributed by atoms with Crippen LogP contribution in [0.2, 0.25) is 0 Å². The quantitative estimate of drug-likeness (QED) is 0.846. The van der Waals surface area contributed by atoms with Gasteiger partial charge in [-0.1, -0.05) is 32.4 Å². The van der Waals surface area contributed by atoms with E-state index in [2.05, 4.69) is 22.3 Å². The van der Waals surface area contributed by atoms with Crippen LogP contribution in [0.3, 0.4) is 0 Å². The summed E-state index contributed by atoms with van der Waals surface area (Å²) in [6, 6.07) is 7.66. The number of amides is 1. The number of likely N-dealkylation sites (tertiary alicyclic amines) is 1. The molecule has 2 atom stereocenters. The van der Waals surface area contributed by atoms with Crippen LogP contribution < -0.4 is 11.1 Å². The fourth-order valence-corrected chi connectivity index (χ4v) is 2.63. The molecule has 1 heterocycles. The maximum absolute atomic E-state index is 12.0. The lowest BCUT2D eigenvalue weighted by Gasteiger charge is -2.18. The monoisotopic (exact) mass is 289 g/mol. The number of hydrogen-bond donors (Lipinski definition) is 2. The molecule has 1 amide bonds. The fraction of sp³-hybridized carbons (Fsp3) is 0.588. The summed E-state index contributed by atoms with van der Waals surface area (Å²) in [5.41, 5.74) is 8.05. The van der Waals surface area contributed by atoms with Gasteiger partial charge in [0.1, 0.15) is 0 Å². The van der Waals surface area contributed by atoms with Crippen molar-refractivity contribution in [2.24, 2.45) is 11.7 Å². The zero-order chi connectivity index (χ0) is 15.2. The number of benzene rings is 1. The number of hydrogen-bond acceptors (Lipinski definition) is 3. The van der Waals surface area contributed by atoms with Crippen LogP contribution in [0.5, 0.6) is 0 Å². The maximum Gasteiger partial charge on any atom is 0.241 e. The van der Waals surface area contributed by atoms with Gasteiger partial charge in [0.05, 0.1) is 6.04 Å². The molecule has 2 rings (SSSR count). The topological polar surface area (TPSA) is 58.4 Å². The SMILES string of the molecule is CCC(C)[C@H](N)C(=O)Nc1ccc(CN2CCCC2)cc1. The van der Waals surface area contributed by atoms with E-state index in [1.807, 2.05) is 26.0 Å². The Labute approximate surface area is 127 Å². The number of nitrogens with zero attached hydrogens (tertiary/aromatic N) is 1. The third-order valence-electron chi connectivity index (χ3n) is 4.39. The minimum atomic E-state index is -0.445. The first-order valence-electron chi connectivity index (χ1n) is 7.98. The summed E-state index contributed by atoms with van der Waals surface area (Å²) in [5, 5.41) is 2.90. The largest absolute Gasteiger partial charge is 0.325 e. The molecule has 3 N–H and O–H groups in total. The summed E-state index contributed by atoms with van der Waals surface area (Å²) >= 11 is 0. The van der Waals surface area contributed by atoms with Crippen molar-refractivity contribution in [3.8, 4) is 0 Å². The van der Waals surface area contributed by atoms with Gasteiger partial charge in [0.15, 0.2) is 0 Å². The molecule has 1 aromatic carbocycles. The Morgan fingerprint density at radius 3 is 2.48 bits per heavy atom. The molecule has 1 unspecified atom stereocenters. The highest BCUT2D eigenvalue weighted by atomic mass is 16.2. The molecule has 1 aliphatic heterocycles. The van der Waals surface area contributed by atoms with E-state index < -0.39 is 6.04 Å². The van der Waals surface area contributed by atoms with Gasteiger partial charge in [-0.3, -0.25) is 9.69 Å². The van der Waals surface area contributed by atoms with Crippen LogP contribution in [0, 0.1) is 5.92 Å². The summed E-state index contributed by atoms with van der Waals surface area (Å²) in [6.45, 7) is 7.44. The average molecular weight is 289 g/mol. The first kappa shape index (κ1) is 16.0. The van der Waals surface area contributed by atoms with Crippen molar-refractivity contribution in [1.82, 2.24) is 4.90 Å². The van der Waals surface area contributed by atoms with E-state index in [4.69, 9.17) is 5.73 Å². The fourth-order valence-electron chi connectivity index (χ4n) is 2.63. The number of nitrogens with two attached hydrogens (primary N) is 1. The van der Waals surface area contributed by atoms with Crippen LogP contribution in [-0.2, 0) is 11.3 Å². The molecule has 1 saturated heterocycles. The predicted octanol–water partition coefficient (Wildman–Crippen LogP) is 2.59. The lowest BCUT2D eigenvalue weighted by Crippen LogP contribution is -2.40. The van der Waals surface area contributed by atoms with Gasteiger partial charge in [-0.05, 0) is 49.5 Å². The van der Waals surface area contributed by atoms with E-state index in [1.165, 1.54) is 31.5 Å². The normalized spacial score (nSPS) is 18.4. The van der Waals surface area contributed by atoms with Gasteiger partial charge in [-0.15, -0.1) is 0 Å². The van der Waals surface area contributed by atoms with Crippen molar-refractivity contribution in [3.05, 3.63) is 29.8 Å². The van der Waals surface area contributed by atoms with Crippen molar-refractivity contribution < 1.29 is 4.79 Å². The van der Waals surface area contributed by atoms with Gasteiger partial charge in [0.2, 0.25) is 5.91 Å². The van der Waals surface area contributed by atoms with Crippen LogP contribution in [0.25, 0.3) is 0 Å². The highest BCUT2D eigenvalue weighted by Crippen LogP contribution is 2.16. The Kier molecular flexibility index (Phi) is 5.76. The van der Waals surface area contributed by atoms with Gasteiger partial charge in [0.25, 0.3) is 0 Å². The van der Waals surface area contributed by atoms with Gasteiger partial charge in [0, 0.05) is 12.2 Å². The summed E-state index contributed by atoms with van der Waals surface area (Å²) in [4.78, 5) is 14.5.